The second-order valence-corrected chi connectivity index (χ2v) is 14.5. The first-order valence-corrected chi connectivity index (χ1v) is 18.9. The molecular formula is C41H51N7O8. The summed E-state index contributed by atoms with van der Waals surface area (Å²) in [7, 11) is 0. The van der Waals surface area contributed by atoms with Crippen molar-refractivity contribution in [2.24, 2.45) is 17.8 Å². The van der Waals surface area contributed by atoms with Crippen molar-refractivity contribution in [3.05, 3.63) is 101 Å². The molecule has 5 amide bonds. The quantitative estimate of drug-likeness (QED) is 0.0471. The molecule has 3 aromatic carbocycles. The Morgan fingerprint density at radius 1 is 0.714 bits per heavy atom. The van der Waals surface area contributed by atoms with Crippen LogP contribution in [0.2, 0.25) is 0 Å². The van der Waals surface area contributed by atoms with Gasteiger partial charge in [-0.2, -0.15) is 0 Å². The van der Waals surface area contributed by atoms with Gasteiger partial charge in [0, 0.05) is 41.8 Å². The molecule has 298 valence electrons. The minimum Gasteiger partial charge on any atom is -0.358 e. The highest BCUT2D eigenvalue weighted by atomic mass is 16.6. The fraction of sp³-hybridized carbons (Fsp3) is 0.415. The Morgan fingerprint density at radius 3 is 1.96 bits per heavy atom. The van der Waals surface area contributed by atoms with Gasteiger partial charge in [0.25, 0.3) is 11.6 Å². The molecule has 0 spiro atoms. The molecule has 1 aliphatic carbocycles. The molecule has 1 fully saturated rings. The lowest BCUT2D eigenvalue weighted by molar-refractivity contribution is -0.384. The van der Waals surface area contributed by atoms with Crippen molar-refractivity contribution in [3.8, 4) is 0 Å². The zero-order valence-electron chi connectivity index (χ0n) is 31.9. The molecule has 0 heterocycles. The Balaban J connectivity index is 1.47. The van der Waals surface area contributed by atoms with Crippen LogP contribution in [0.4, 0.5) is 17.1 Å². The van der Waals surface area contributed by atoms with E-state index in [9.17, 15) is 38.9 Å². The van der Waals surface area contributed by atoms with Crippen molar-refractivity contribution in [3.63, 3.8) is 0 Å². The highest BCUT2D eigenvalue weighted by molar-refractivity contribution is 5.99. The van der Waals surface area contributed by atoms with Crippen LogP contribution in [0.1, 0.15) is 64.9 Å². The predicted octanol–water partition coefficient (Wildman–Crippen LogP) is 4.25. The van der Waals surface area contributed by atoms with E-state index < -0.39 is 53.3 Å². The number of nitro groups is 1. The number of nitrogens with zero attached hydrogens (tertiary/aromatic N) is 1. The number of nitro benzene ring substituents is 1. The van der Waals surface area contributed by atoms with E-state index in [1.54, 1.807) is 61.5 Å². The van der Waals surface area contributed by atoms with Crippen LogP contribution in [0.25, 0.3) is 0 Å². The monoisotopic (exact) mass is 769 g/mol. The number of non-ortho nitro benzene ring substituents is 1. The van der Waals surface area contributed by atoms with Crippen LogP contribution in [-0.2, 0) is 35.2 Å². The minimum absolute atomic E-state index is 0.0259. The van der Waals surface area contributed by atoms with Gasteiger partial charge in [0.05, 0.1) is 11.5 Å². The third-order valence-corrected chi connectivity index (χ3v) is 9.59. The Morgan fingerprint density at radius 2 is 1.34 bits per heavy atom. The smallest absolute Gasteiger partial charge is 0.269 e. The number of ketones is 1. The number of amides is 5. The first-order valence-electron chi connectivity index (χ1n) is 18.9. The van der Waals surface area contributed by atoms with Gasteiger partial charge in [-0.25, -0.2) is 0 Å². The minimum atomic E-state index is -1.50. The van der Waals surface area contributed by atoms with Crippen LogP contribution in [0, 0.1) is 27.9 Å². The van der Waals surface area contributed by atoms with Crippen molar-refractivity contribution in [1.82, 2.24) is 21.3 Å². The van der Waals surface area contributed by atoms with E-state index in [4.69, 9.17) is 0 Å². The average Bonchev–Trinajstić information content (AvgIpc) is 3.44. The van der Waals surface area contributed by atoms with Crippen LogP contribution in [0.3, 0.4) is 0 Å². The Kier molecular flexibility index (Phi) is 16.1. The molecule has 0 aromatic heterocycles. The van der Waals surface area contributed by atoms with E-state index >= 15 is 0 Å². The van der Waals surface area contributed by atoms with Crippen LogP contribution in [0.15, 0.2) is 84.9 Å². The van der Waals surface area contributed by atoms with Crippen molar-refractivity contribution in [2.45, 2.75) is 84.0 Å². The largest absolute Gasteiger partial charge is 0.358 e. The maximum Gasteiger partial charge on any atom is 0.269 e. The molecule has 1 saturated carbocycles. The normalized spacial score (nSPS) is 16.9. The molecule has 4 rings (SSSR count). The van der Waals surface area contributed by atoms with Gasteiger partial charge in [-0.05, 0) is 74.8 Å². The van der Waals surface area contributed by atoms with Gasteiger partial charge in [-0.3, -0.25) is 38.9 Å². The molecule has 0 radical (unpaired) electrons. The van der Waals surface area contributed by atoms with E-state index in [2.05, 4.69) is 31.9 Å². The van der Waals surface area contributed by atoms with Gasteiger partial charge in [-0.15, -0.1) is 0 Å². The Hall–Kier alpha value is -6.12. The lowest BCUT2D eigenvalue weighted by Crippen LogP contribution is -2.57. The summed E-state index contributed by atoms with van der Waals surface area (Å²) >= 11 is 0. The number of Topliss-reactive ketones (excluding diaryl/α,β-unsaturated/α-hetero) is 1. The summed E-state index contributed by atoms with van der Waals surface area (Å²) < 4.78 is 0. The number of nitrogens with one attached hydrogen (secondary N) is 6. The third-order valence-electron chi connectivity index (χ3n) is 9.59. The molecule has 3 aromatic rings. The highest BCUT2D eigenvalue weighted by Crippen LogP contribution is 2.28. The van der Waals surface area contributed by atoms with Crippen LogP contribution < -0.4 is 31.9 Å². The van der Waals surface area contributed by atoms with Crippen LogP contribution in [-0.4, -0.2) is 65.0 Å². The van der Waals surface area contributed by atoms with Crippen molar-refractivity contribution < 1.29 is 33.7 Å². The van der Waals surface area contributed by atoms with Gasteiger partial charge >= 0.3 is 0 Å². The zero-order chi connectivity index (χ0) is 40.6. The maximum absolute atomic E-state index is 13.9. The van der Waals surface area contributed by atoms with Crippen LogP contribution >= 0.6 is 0 Å². The van der Waals surface area contributed by atoms with E-state index in [0.29, 0.717) is 31.4 Å². The molecule has 0 aliphatic heterocycles. The summed E-state index contributed by atoms with van der Waals surface area (Å²) in [5.41, 5.74) is 1.33. The number of rotatable bonds is 18. The Labute approximate surface area is 326 Å². The fourth-order valence-electron chi connectivity index (χ4n) is 6.54. The summed E-state index contributed by atoms with van der Waals surface area (Å²) in [6.45, 7) is 4.82. The van der Waals surface area contributed by atoms with E-state index in [1.165, 1.54) is 24.3 Å². The van der Waals surface area contributed by atoms with Crippen molar-refractivity contribution >= 4 is 52.4 Å². The van der Waals surface area contributed by atoms with Crippen molar-refractivity contribution in [2.75, 3.05) is 17.2 Å². The molecule has 1 unspecified atom stereocenters. The molecule has 56 heavy (non-hydrogen) atoms. The topological polar surface area (TPSA) is 218 Å². The molecule has 15 heteroatoms. The second kappa shape index (κ2) is 21.1. The summed E-state index contributed by atoms with van der Waals surface area (Å²) in [4.78, 5) is 90.1. The summed E-state index contributed by atoms with van der Waals surface area (Å²) in [5.74, 6) is -3.20. The molecule has 0 bridgehead atoms. The second-order valence-electron chi connectivity index (χ2n) is 14.5. The lowest BCUT2D eigenvalue weighted by Gasteiger charge is -2.25. The van der Waals surface area contributed by atoms with E-state index in [-0.39, 0.29) is 47.2 Å². The molecule has 15 nitrogen and oxygen atoms in total. The number of anilines is 2. The molecule has 1 aliphatic rings. The summed E-state index contributed by atoms with van der Waals surface area (Å²) in [5, 5.41) is 27.6. The molecule has 0 saturated heterocycles. The summed E-state index contributed by atoms with van der Waals surface area (Å²) in [6, 6.07) is 20.9. The summed E-state index contributed by atoms with van der Waals surface area (Å²) in [6.07, 6.45) is 2.15. The number of carbonyl (C=O) groups is 6. The first-order chi connectivity index (χ1) is 26.8. The maximum atomic E-state index is 13.9. The SMILES string of the molecule is CC(=O)C1CCC[C@@H](C(=O)N[C@@H](CC(C)C)C(=O)NCC(=O)N[C@@H](Nc2ccc([N+](=O)[O-])cc2)C(=O)N[C@@H](Cc2ccccc2)C(=O)Nc2ccccc2)CC1. The number of carbonyl (C=O) groups excluding carboxylic acids is 6. The number of hydrogen-bond donors (Lipinski definition) is 6. The molecule has 6 N–H and O–H groups in total. The number of benzene rings is 3. The Bertz CT molecular complexity index is 1820. The van der Waals surface area contributed by atoms with Gasteiger partial charge in [0.15, 0.2) is 6.17 Å². The predicted molar refractivity (Wildman–Crippen MR) is 211 cm³/mol. The first kappa shape index (κ1) is 42.6. The van der Waals surface area contributed by atoms with Gasteiger partial charge in [0.1, 0.15) is 17.9 Å². The average molecular weight is 770 g/mol. The number of hydrogen-bond acceptors (Lipinski definition) is 9. The van der Waals surface area contributed by atoms with E-state index in [1.807, 2.05) is 19.9 Å². The lowest BCUT2D eigenvalue weighted by atomic mass is 9.94. The zero-order valence-corrected chi connectivity index (χ0v) is 31.9. The highest BCUT2D eigenvalue weighted by Gasteiger charge is 2.31. The fourth-order valence-corrected chi connectivity index (χ4v) is 6.54. The standard InChI is InChI=1S/C41H51N7O8/c1-26(2)23-34(45-38(51)30-14-10-13-29(17-18-30)27(3)49)39(52)42-25-36(50)47-37(43-32-19-21-33(22-20-32)48(55)56)41(54)46-35(24-28-11-6-4-7-12-28)40(53)44-31-15-8-5-9-16-31/h4-9,11-12,15-16,19-22,26,29-30,34-35,37,43H,10,13-14,17-18,23-25H2,1-3H3,(H,42,52)(H,44,53)(H,45,51)(H,46,54)(H,47,50)/t29?,30-,34+,35+,37-/m1/s1. The van der Waals surface area contributed by atoms with Gasteiger partial charge < -0.3 is 31.9 Å². The molecular weight excluding hydrogens is 718 g/mol. The van der Waals surface area contributed by atoms with Gasteiger partial charge in [0.2, 0.25) is 23.6 Å². The van der Waals surface area contributed by atoms with Gasteiger partial charge in [-0.1, -0.05) is 68.8 Å². The number of para-hydroxylation sites is 1. The van der Waals surface area contributed by atoms with E-state index in [0.717, 1.165) is 18.4 Å². The third kappa shape index (κ3) is 13.6. The van der Waals surface area contributed by atoms with Crippen molar-refractivity contribution in [1.29, 1.82) is 0 Å². The van der Waals surface area contributed by atoms with Crippen LogP contribution in [0.5, 0.6) is 0 Å². The molecule has 5 atom stereocenters.